The van der Waals surface area contributed by atoms with Crippen LogP contribution in [0.2, 0.25) is 10.0 Å². The number of benzene rings is 3. The summed E-state index contributed by atoms with van der Waals surface area (Å²) in [4.78, 5) is 5.51. The number of nitrogens with one attached hydrogen (secondary N) is 1. The second-order valence-electron chi connectivity index (χ2n) is 6.19. The van der Waals surface area contributed by atoms with E-state index < -0.39 is 0 Å². The molecule has 0 aliphatic heterocycles. The van der Waals surface area contributed by atoms with Gasteiger partial charge in [0.2, 0.25) is 0 Å². The highest BCUT2D eigenvalue weighted by Crippen LogP contribution is 2.28. The molecule has 4 aromatic rings. The average Bonchev–Trinajstić information content (AvgIpc) is 3.07. The molecule has 0 saturated carbocycles. The summed E-state index contributed by atoms with van der Waals surface area (Å²) < 4.78 is 5.52. The molecule has 0 fully saturated rings. The van der Waals surface area contributed by atoms with Gasteiger partial charge in [-0.3, -0.25) is 0 Å². The lowest BCUT2D eigenvalue weighted by Gasteiger charge is -2.08. The zero-order chi connectivity index (χ0) is 18.6. The van der Waals surface area contributed by atoms with Gasteiger partial charge in [-0.15, -0.1) is 0 Å². The lowest BCUT2D eigenvalue weighted by molar-refractivity contribution is 0.716. The Hall–Kier alpha value is -2.14. The molecular formula is C21H17Cl2N3S. The summed E-state index contributed by atoms with van der Waals surface area (Å²) in [6.07, 6.45) is 2.89. The van der Waals surface area contributed by atoms with Gasteiger partial charge in [-0.25, -0.2) is 4.98 Å². The lowest BCUT2D eigenvalue weighted by atomic mass is 10.1. The summed E-state index contributed by atoms with van der Waals surface area (Å²) in [6, 6.07) is 22.2. The van der Waals surface area contributed by atoms with E-state index in [-0.39, 0.29) is 0 Å². The van der Waals surface area contributed by atoms with E-state index in [1.165, 1.54) is 17.5 Å². The molecule has 136 valence electrons. The van der Waals surface area contributed by atoms with Crippen molar-refractivity contribution in [2.24, 2.45) is 0 Å². The van der Waals surface area contributed by atoms with Crippen molar-refractivity contribution in [1.29, 1.82) is 0 Å². The molecule has 6 heteroatoms. The highest BCUT2D eigenvalue weighted by Gasteiger charge is 2.05. The van der Waals surface area contributed by atoms with Crippen LogP contribution in [0.25, 0.3) is 11.0 Å². The number of imidazole rings is 1. The highest BCUT2D eigenvalue weighted by molar-refractivity contribution is 8.00. The van der Waals surface area contributed by atoms with Gasteiger partial charge < -0.3 is 9.29 Å². The smallest absolute Gasteiger partial charge is 0.0958 e. The van der Waals surface area contributed by atoms with Crippen LogP contribution in [0.1, 0.15) is 5.56 Å². The number of halogens is 2. The standard InChI is InChI=1S/C21H17Cl2N3S/c22-16-10-17(23)12-19(11-16)27-25-18-6-7-21-20(13-18)24-14-26(21)9-8-15-4-2-1-3-5-15/h1-7,10-14,25H,8-9H2. The molecule has 0 spiro atoms. The Kier molecular flexibility index (Phi) is 5.58. The largest absolute Gasteiger partial charge is 0.330 e. The van der Waals surface area contributed by atoms with Crippen molar-refractivity contribution in [3.05, 3.63) is 88.7 Å². The van der Waals surface area contributed by atoms with Crippen molar-refractivity contribution in [1.82, 2.24) is 9.55 Å². The van der Waals surface area contributed by atoms with Crippen molar-refractivity contribution in [2.45, 2.75) is 17.9 Å². The Labute approximate surface area is 172 Å². The van der Waals surface area contributed by atoms with E-state index >= 15 is 0 Å². The molecule has 1 N–H and O–H groups in total. The van der Waals surface area contributed by atoms with Crippen LogP contribution >= 0.6 is 35.1 Å². The van der Waals surface area contributed by atoms with Crippen LogP contribution < -0.4 is 4.72 Å². The van der Waals surface area contributed by atoms with Gasteiger partial charge >= 0.3 is 0 Å². The van der Waals surface area contributed by atoms with Crippen LogP contribution in [0.15, 0.2) is 78.0 Å². The van der Waals surface area contributed by atoms with Gasteiger partial charge in [0.25, 0.3) is 0 Å². The number of rotatable bonds is 6. The Morgan fingerprint density at radius 3 is 2.48 bits per heavy atom. The minimum absolute atomic E-state index is 0.624. The molecule has 0 saturated heterocycles. The maximum atomic E-state index is 6.05. The molecule has 0 atom stereocenters. The lowest BCUT2D eigenvalue weighted by Crippen LogP contribution is -1.99. The minimum Gasteiger partial charge on any atom is -0.330 e. The number of fused-ring (bicyclic) bond motifs is 1. The third-order valence-electron chi connectivity index (χ3n) is 4.23. The van der Waals surface area contributed by atoms with Crippen molar-refractivity contribution < 1.29 is 0 Å². The van der Waals surface area contributed by atoms with Crippen molar-refractivity contribution in [2.75, 3.05) is 4.72 Å². The van der Waals surface area contributed by atoms with Gasteiger partial charge in [0.05, 0.1) is 17.4 Å². The predicted octanol–water partition coefficient (Wildman–Crippen LogP) is 6.71. The van der Waals surface area contributed by atoms with Gasteiger partial charge in [-0.05, 0) is 60.3 Å². The van der Waals surface area contributed by atoms with Gasteiger partial charge in [0.15, 0.2) is 0 Å². The molecule has 4 rings (SSSR count). The molecule has 0 aliphatic rings. The molecule has 0 unspecified atom stereocenters. The van der Waals surface area contributed by atoms with Crippen molar-refractivity contribution in [3.8, 4) is 0 Å². The molecule has 1 heterocycles. The molecule has 1 aromatic heterocycles. The van der Waals surface area contributed by atoms with Gasteiger partial charge in [-0.1, -0.05) is 53.5 Å². The Morgan fingerprint density at radius 1 is 0.926 bits per heavy atom. The fraction of sp³-hybridized carbons (Fsp3) is 0.0952. The van der Waals surface area contributed by atoms with E-state index in [2.05, 4.69) is 50.7 Å². The summed E-state index contributed by atoms with van der Waals surface area (Å²) in [7, 11) is 0. The fourth-order valence-corrected chi connectivity index (χ4v) is 4.29. The quantitative estimate of drug-likeness (QED) is 0.356. The molecule has 3 aromatic carbocycles. The van der Waals surface area contributed by atoms with Crippen LogP contribution in [-0.4, -0.2) is 9.55 Å². The molecule has 0 amide bonds. The third-order valence-corrected chi connectivity index (χ3v) is 5.47. The number of aromatic nitrogens is 2. The molecule has 3 nitrogen and oxygen atoms in total. The topological polar surface area (TPSA) is 29.9 Å². The van der Waals surface area contributed by atoms with E-state index in [0.717, 1.165) is 34.6 Å². The monoisotopic (exact) mass is 413 g/mol. The Morgan fingerprint density at radius 2 is 1.70 bits per heavy atom. The molecule has 27 heavy (non-hydrogen) atoms. The minimum atomic E-state index is 0.624. The van der Waals surface area contributed by atoms with Gasteiger partial charge in [0, 0.05) is 27.2 Å². The second kappa shape index (κ2) is 8.26. The SMILES string of the molecule is Clc1cc(Cl)cc(SNc2ccc3c(c2)ncn3CCc2ccccc2)c1. The predicted molar refractivity (Wildman–Crippen MR) is 116 cm³/mol. The van der Waals surface area contributed by atoms with E-state index in [4.69, 9.17) is 23.2 Å². The summed E-state index contributed by atoms with van der Waals surface area (Å²) >= 11 is 13.6. The first-order chi connectivity index (χ1) is 13.2. The van der Waals surface area contributed by atoms with E-state index in [1.54, 1.807) is 6.07 Å². The molecule has 0 radical (unpaired) electrons. The zero-order valence-corrected chi connectivity index (χ0v) is 16.7. The summed E-state index contributed by atoms with van der Waals surface area (Å²) in [5.74, 6) is 0. The van der Waals surface area contributed by atoms with Crippen molar-refractivity contribution >= 4 is 51.9 Å². The summed E-state index contributed by atoms with van der Waals surface area (Å²) in [5, 5.41) is 1.25. The van der Waals surface area contributed by atoms with Crippen LogP contribution in [0.3, 0.4) is 0 Å². The van der Waals surface area contributed by atoms with E-state index in [0.29, 0.717) is 10.0 Å². The third kappa shape index (κ3) is 4.59. The zero-order valence-electron chi connectivity index (χ0n) is 14.4. The second-order valence-corrected chi connectivity index (χ2v) is 7.94. The molecule has 0 bridgehead atoms. The fourth-order valence-electron chi connectivity index (χ4n) is 2.91. The Bertz CT molecular complexity index is 1040. The van der Waals surface area contributed by atoms with Gasteiger partial charge in [-0.2, -0.15) is 0 Å². The van der Waals surface area contributed by atoms with Crippen LogP contribution in [0.5, 0.6) is 0 Å². The number of nitrogens with zero attached hydrogens (tertiary/aromatic N) is 2. The van der Waals surface area contributed by atoms with Gasteiger partial charge in [0.1, 0.15) is 0 Å². The highest BCUT2D eigenvalue weighted by atomic mass is 35.5. The number of aryl methyl sites for hydroxylation is 2. The maximum absolute atomic E-state index is 6.05. The first-order valence-corrected chi connectivity index (χ1v) is 10.1. The first-order valence-electron chi connectivity index (χ1n) is 8.55. The molecule has 0 aliphatic carbocycles. The van der Waals surface area contributed by atoms with E-state index in [1.807, 2.05) is 30.6 Å². The molecular weight excluding hydrogens is 397 g/mol. The van der Waals surface area contributed by atoms with E-state index in [9.17, 15) is 0 Å². The normalized spacial score (nSPS) is 11.0. The van der Waals surface area contributed by atoms with Crippen LogP contribution in [0, 0.1) is 0 Å². The summed E-state index contributed by atoms with van der Waals surface area (Å²) in [6.45, 7) is 0.906. The number of hydrogen-bond donors (Lipinski definition) is 1. The number of anilines is 1. The first kappa shape index (κ1) is 18.2. The van der Waals surface area contributed by atoms with Crippen LogP contribution in [0.4, 0.5) is 5.69 Å². The number of hydrogen-bond acceptors (Lipinski definition) is 3. The Balaban J connectivity index is 1.45. The average molecular weight is 414 g/mol. The summed E-state index contributed by atoms with van der Waals surface area (Å²) in [5.41, 5.74) is 4.41. The maximum Gasteiger partial charge on any atom is 0.0958 e. The van der Waals surface area contributed by atoms with Crippen LogP contribution in [-0.2, 0) is 13.0 Å². The van der Waals surface area contributed by atoms with Crippen molar-refractivity contribution in [3.63, 3.8) is 0 Å².